The zero-order valence-corrected chi connectivity index (χ0v) is 12.1. The van der Waals surface area contributed by atoms with Gasteiger partial charge in [0.05, 0.1) is 0 Å². The first-order valence-electron chi connectivity index (χ1n) is 2.40. The first-order chi connectivity index (χ1) is 4.41. The van der Waals surface area contributed by atoms with Crippen molar-refractivity contribution in [1.82, 2.24) is 0 Å². The van der Waals surface area contributed by atoms with Crippen molar-refractivity contribution in [2.45, 2.75) is 0 Å². The average molecular weight is 253 g/mol. The van der Waals surface area contributed by atoms with Gasteiger partial charge >= 0.3 is 68.9 Å². The summed E-state index contributed by atoms with van der Waals surface area (Å²) in [6.45, 7) is 0. The molecule has 1 rings (SSSR count). The second kappa shape index (κ2) is 12.3. The van der Waals surface area contributed by atoms with Crippen molar-refractivity contribution in [1.29, 1.82) is 0 Å². The van der Waals surface area contributed by atoms with E-state index in [0.717, 1.165) is 0 Å². The molecule has 1 aromatic carbocycles. The molecule has 0 radical (unpaired) electrons. The minimum atomic E-state index is 0. The molecule has 1 aromatic rings. The van der Waals surface area contributed by atoms with E-state index in [-0.39, 0.29) is 68.9 Å². The summed E-state index contributed by atoms with van der Waals surface area (Å²) in [6.07, 6.45) is 0. The van der Waals surface area contributed by atoms with Gasteiger partial charge in [0.1, 0.15) is 0 Å². The van der Waals surface area contributed by atoms with Crippen molar-refractivity contribution in [3.8, 4) is 0 Å². The zero-order valence-electron chi connectivity index (χ0n) is 5.81. The maximum atomic E-state index is 6.75. The summed E-state index contributed by atoms with van der Waals surface area (Å²) in [5.41, 5.74) is 13.5. The van der Waals surface area contributed by atoms with Gasteiger partial charge in [-0.25, -0.2) is 0 Å². The summed E-state index contributed by atoms with van der Waals surface area (Å²) in [4.78, 5) is 1.50. The van der Waals surface area contributed by atoms with Crippen LogP contribution in [0.5, 0.6) is 0 Å². The summed E-state index contributed by atoms with van der Waals surface area (Å²) in [5, 5.41) is 0. The summed E-state index contributed by atoms with van der Waals surface area (Å²) < 4.78 is 0. The van der Waals surface area contributed by atoms with Crippen molar-refractivity contribution in [2.75, 3.05) is 0 Å². The Labute approximate surface area is 119 Å². The molecule has 0 saturated heterocycles. The van der Waals surface area contributed by atoms with Gasteiger partial charge in [-0.2, -0.15) is 0 Å². The van der Waals surface area contributed by atoms with E-state index in [0.29, 0.717) is 0 Å². The van der Waals surface area contributed by atoms with Crippen LogP contribution in [0.3, 0.4) is 0 Å². The van der Waals surface area contributed by atoms with Gasteiger partial charge in [-0.15, -0.1) is 0 Å². The third kappa shape index (κ3) is 11.4. The molecule has 0 bridgehead atoms. The van der Waals surface area contributed by atoms with Gasteiger partial charge in [0.2, 0.25) is 0 Å². The molecule has 0 aliphatic carbocycles. The largest absolute Gasteiger partial charge is 1.00 e. The fourth-order valence-electron chi connectivity index (χ4n) is 0.385. The molecule has 46 valence electrons. The van der Waals surface area contributed by atoms with Crippen LogP contribution in [0.15, 0.2) is 36.4 Å². The van der Waals surface area contributed by atoms with Crippen LogP contribution in [-0.4, -0.2) is 0 Å². The average Bonchev–Trinajstić information content (AvgIpc) is 1.93. The first kappa shape index (κ1) is 13.2. The molecule has 0 heterocycles. The Morgan fingerprint density at radius 2 is 0.800 bits per heavy atom. The Morgan fingerprint density at radius 1 is 0.700 bits per heavy atom. The fourth-order valence-corrected chi connectivity index (χ4v) is 0.385. The van der Waals surface area contributed by atoms with Gasteiger partial charge in [0.25, 0.3) is 0 Å². The van der Waals surface area contributed by atoms with Crippen LogP contribution >= 0.6 is 0 Å². The summed E-state index contributed by atoms with van der Waals surface area (Å²) >= 11 is 0. The zero-order chi connectivity index (χ0) is 6.95. The number of benzene rings is 1. The molecular weight excluding hydrogens is 247 g/mol. The molecule has 0 aliphatic rings. The molecule has 0 N–H and O–H groups in total. The molecule has 0 atom stereocenters. The van der Waals surface area contributed by atoms with Crippen molar-refractivity contribution < 1.29 is 68.9 Å². The predicted molar refractivity (Wildman–Crippen MR) is 36.5 cm³/mol. The van der Waals surface area contributed by atoms with Gasteiger partial charge in [-0.1, -0.05) is 36.4 Å². The van der Waals surface area contributed by atoms with Crippen LogP contribution in [0.1, 0.15) is 0 Å². The smallest absolute Gasteiger partial charge is 0.373 e. The second-order valence-corrected chi connectivity index (χ2v) is 1.24. The van der Waals surface area contributed by atoms with Crippen LogP contribution in [0.2, 0.25) is 0 Å². The van der Waals surface area contributed by atoms with E-state index in [1.165, 1.54) is 4.91 Å². The summed E-state index contributed by atoms with van der Waals surface area (Å²) in [7, 11) is 0. The molecule has 0 saturated carbocycles. The standard InChI is InChI=1S/C6H6.Cs.N3/c1-2-4-6-5-3-1;;1-3-2/h1-6H;;/q;+1;-1. The number of hydrogen-bond acceptors (Lipinski definition) is 0. The van der Waals surface area contributed by atoms with Gasteiger partial charge in [-0.3, -0.25) is 4.91 Å². The van der Waals surface area contributed by atoms with E-state index < -0.39 is 0 Å². The van der Waals surface area contributed by atoms with Gasteiger partial charge in [-0.05, 0) is 0 Å². The van der Waals surface area contributed by atoms with Gasteiger partial charge < -0.3 is 11.1 Å². The minimum absolute atomic E-state index is 0. The van der Waals surface area contributed by atoms with E-state index in [1.807, 2.05) is 36.4 Å². The molecule has 4 heteroatoms. The molecule has 3 nitrogen and oxygen atoms in total. The molecule has 0 unspecified atom stereocenters. The summed E-state index contributed by atoms with van der Waals surface area (Å²) in [5.74, 6) is 0. The molecule has 10 heavy (non-hydrogen) atoms. The van der Waals surface area contributed by atoms with Crippen LogP contribution in [-0.2, 0) is 0 Å². The third-order valence-electron chi connectivity index (χ3n) is 0.667. The van der Waals surface area contributed by atoms with Gasteiger partial charge in [0, 0.05) is 0 Å². The predicted octanol–water partition coefficient (Wildman–Crippen LogP) is -0.443. The molecule has 0 fully saturated rings. The fraction of sp³-hybridized carbons (Fsp3) is 0. The number of rotatable bonds is 0. The van der Waals surface area contributed by atoms with Crippen molar-refractivity contribution in [3.05, 3.63) is 52.4 Å². The van der Waals surface area contributed by atoms with Crippen LogP contribution in [0.4, 0.5) is 0 Å². The molecular formula is C6H6CsN3. The summed E-state index contributed by atoms with van der Waals surface area (Å²) in [6, 6.07) is 12.0. The van der Waals surface area contributed by atoms with Crippen molar-refractivity contribution in [2.24, 2.45) is 0 Å². The minimum Gasteiger partial charge on any atom is -0.373 e. The molecule has 0 spiro atoms. The monoisotopic (exact) mass is 253 g/mol. The van der Waals surface area contributed by atoms with E-state index >= 15 is 0 Å². The van der Waals surface area contributed by atoms with E-state index in [1.54, 1.807) is 0 Å². The Morgan fingerprint density at radius 3 is 0.900 bits per heavy atom. The van der Waals surface area contributed by atoms with Crippen LogP contribution in [0, 0.1) is 0 Å². The maximum Gasteiger partial charge on any atom is 1.00 e. The van der Waals surface area contributed by atoms with E-state index in [4.69, 9.17) is 11.1 Å². The van der Waals surface area contributed by atoms with Crippen LogP contribution < -0.4 is 68.9 Å². The van der Waals surface area contributed by atoms with Crippen molar-refractivity contribution >= 4 is 0 Å². The molecule has 0 aromatic heterocycles. The topological polar surface area (TPSA) is 58.7 Å². The van der Waals surface area contributed by atoms with E-state index in [2.05, 4.69) is 0 Å². The Hall–Kier alpha value is 0.582. The third-order valence-corrected chi connectivity index (χ3v) is 0.667. The van der Waals surface area contributed by atoms with E-state index in [9.17, 15) is 0 Å². The second-order valence-electron chi connectivity index (χ2n) is 1.24. The molecule has 0 aliphatic heterocycles. The first-order valence-corrected chi connectivity index (χ1v) is 2.40. The number of nitrogens with zero attached hydrogens (tertiary/aromatic N) is 3. The quantitative estimate of drug-likeness (QED) is 0.342. The SMILES string of the molecule is [Cs+].[N-]=[N+]=[N-].c1ccccc1. The Bertz CT molecular complexity index is 143. The van der Waals surface area contributed by atoms with Crippen molar-refractivity contribution in [3.63, 3.8) is 0 Å². The Balaban J connectivity index is 0. The molecule has 0 amide bonds. The maximum absolute atomic E-state index is 6.75. The Kier molecular flexibility index (Phi) is 16.2. The normalized spacial score (nSPS) is 5.60. The number of hydrogen-bond donors (Lipinski definition) is 0. The van der Waals surface area contributed by atoms with Gasteiger partial charge in [0.15, 0.2) is 0 Å². The van der Waals surface area contributed by atoms with Crippen LogP contribution in [0.25, 0.3) is 16.0 Å².